The molecule has 0 heterocycles. The summed E-state index contributed by atoms with van der Waals surface area (Å²) in [5.74, 6) is 5.73. The molecule has 2 nitrogen and oxygen atoms in total. The second-order valence-corrected chi connectivity index (χ2v) is 6.01. The molecule has 1 atom stereocenters. The second kappa shape index (κ2) is 7.58. The van der Waals surface area contributed by atoms with E-state index in [1.807, 2.05) is 0 Å². The van der Waals surface area contributed by atoms with Crippen LogP contribution in [0.25, 0.3) is 0 Å². The first-order valence-corrected chi connectivity index (χ1v) is 7.76. The summed E-state index contributed by atoms with van der Waals surface area (Å²) in [5, 5.41) is 0. The van der Waals surface area contributed by atoms with Gasteiger partial charge in [-0.15, -0.1) is 0 Å². The molecule has 2 aromatic rings. The van der Waals surface area contributed by atoms with Gasteiger partial charge in [0.25, 0.3) is 0 Å². The molecule has 0 aliphatic rings. The molecule has 2 aromatic carbocycles. The van der Waals surface area contributed by atoms with Crippen LogP contribution in [-0.2, 0) is 6.42 Å². The predicted octanol–water partition coefficient (Wildman–Crippen LogP) is 4.28. The maximum atomic E-state index is 5.73. The SMILES string of the molecule is Cc1cc(Br)ccc1C(CCCc1ccccc1)NN. The van der Waals surface area contributed by atoms with E-state index in [9.17, 15) is 0 Å². The Kier molecular flexibility index (Phi) is 5.77. The number of nitrogens with two attached hydrogens (primary N) is 1. The van der Waals surface area contributed by atoms with E-state index in [2.05, 4.69) is 76.8 Å². The minimum Gasteiger partial charge on any atom is -0.271 e. The lowest BCUT2D eigenvalue weighted by atomic mass is 9.96. The number of aryl methyl sites for hydroxylation is 2. The number of hydrogen-bond donors (Lipinski definition) is 2. The Labute approximate surface area is 129 Å². The van der Waals surface area contributed by atoms with Crippen molar-refractivity contribution in [3.63, 3.8) is 0 Å². The number of halogens is 1. The average molecular weight is 333 g/mol. The number of benzene rings is 2. The minimum atomic E-state index is 0.215. The minimum absolute atomic E-state index is 0.215. The fourth-order valence-electron chi connectivity index (χ4n) is 2.51. The Hall–Kier alpha value is -1.16. The van der Waals surface area contributed by atoms with Crippen LogP contribution in [0.1, 0.15) is 35.6 Å². The summed E-state index contributed by atoms with van der Waals surface area (Å²) < 4.78 is 1.11. The summed E-state index contributed by atoms with van der Waals surface area (Å²) in [4.78, 5) is 0. The lowest BCUT2D eigenvalue weighted by Crippen LogP contribution is -2.28. The van der Waals surface area contributed by atoms with Gasteiger partial charge >= 0.3 is 0 Å². The van der Waals surface area contributed by atoms with Gasteiger partial charge < -0.3 is 0 Å². The molecular formula is C17H21BrN2. The maximum Gasteiger partial charge on any atom is 0.0462 e. The molecule has 0 bridgehead atoms. The van der Waals surface area contributed by atoms with E-state index in [1.54, 1.807) is 0 Å². The van der Waals surface area contributed by atoms with Crippen molar-refractivity contribution in [1.29, 1.82) is 0 Å². The highest BCUT2D eigenvalue weighted by molar-refractivity contribution is 9.10. The number of nitrogens with one attached hydrogen (secondary N) is 1. The summed E-state index contributed by atoms with van der Waals surface area (Å²) >= 11 is 3.50. The van der Waals surface area contributed by atoms with Crippen molar-refractivity contribution >= 4 is 15.9 Å². The molecule has 3 N–H and O–H groups in total. The van der Waals surface area contributed by atoms with Gasteiger partial charge in [0.1, 0.15) is 0 Å². The van der Waals surface area contributed by atoms with E-state index in [0.29, 0.717) is 0 Å². The molecule has 0 saturated heterocycles. The molecule has 0 amide bonds. The Morgan fingerprint density at radius 1 is 1.15 bits per heavy atom. The highest BCUT2D eigenvalue weighted by atomic mass is 79.9. The van der Waals surface area contributed by atoms with Gasteiger partial charge in [-0.25, -0.2) is 0 Å². The van der Waals surface area contributed by atoms with Crippen molar-refractivity contribution in [2.24, 2.45) is 5.84 Å². The first kappa shape index (κ1) is 15.2. The number of hydrazine groups is 1. The van der Waals surface area contributed by atoms with Gasteiger partial charge in [-0.3, -0.25) is 11.3 Å². The predicted molar refractivity (Wildman–Crippen MR) is 88.3 cm³/mol. The zero-order valence-corrected chi connectivity index (χ0v) is 13.4. The van der Waals surface area contributed by atoms with Gasteiger partial charge in [0, 0.05) is 10.5 Å². The third-order valence-corrected chi connectivity index (χ3v) is 4.10. The van der Waals surface area contributed by atoms with Gasteiger partial charge in [-0.05, 0) is 55.0 Å². The van der Waals surface area contributed by atoms with Crippen molar-refractivity contribution in [2.45, 2.75) is 32.2 Å². The normalized spacial score (nSPS) is 12.3. The van der Waals surface area contributed by atoms with Crippen molar-refractivity contribution in [2.75, 3.05) is 0 Å². The zero-order valence-electron chi connectivity index (χ0n) is 11.8. The lowest BCUT2D eigenvalue weighted by Gasteiger charge is -2.18. The zero-order chi connectivity index (χ0) is 14.4. The van der Waals surface area contributed by atoms with Gasteiger partial charge in [0.2, 0.25) is 0 Å². The highest BCUT2D eigenvalue weighted by Gasteiger charge is 2.12. The molecule has 0 saturated carbocycles. The summed E-state index contributed by atoms with van der Waals surface area (Å²) in [7, 11) is 0. The van der Waals surface area contributed by atoms with Gasteiger partial charge in [0.05, 0.1) is 0 Å². The van der Waals surface area contributed by atoms with Crippen LogP contribution >= 0.6 is 15.9 Å². The Morgan fingerprint density at radius 2 is 1.90 bits per heavy atom. The molecule has 3 heteroatoms. The van der Waals surface area contributed by atoms with Crippen molar-refractivity contribution in [3.8, 4) is 0 Å². The van der Waals surface area contributed by atoms with Gasteiger partial charge in [-0.1, -0.05) is 52.3 Å². The molecule has 2 rings (SSSR count). The second-order valence-electron chi connectivity index (χ2n) is 5.10. The smallest absolute Gasteiger partial charge is 0.0462 e. The number of hydrogen-bond acceptors (Lipinski definition) is 2. The molecule has 0 aliphatic carbocycles. The van der Waals surface area contributed by atoms with Crippen LogP contribution in [0.15, 0.2) is 53.0 Å². The quantitative estimate of drug-likeness (QED) is 0.611. The average Bonchev–Trinajstić information content (AvgIpc) is 2.46. The molecule has 0 aromatic heterocycles. The van der Waals surface area contributed by atoms with E-state index in [4.69, 9.17) is 5.84 Å². The van der Waals surface area contributed by atoms with Crippen LogP contribution < -0.4 is 11.3 Å². The fraction of sp³-hybridized carbons (Fsp3) is 0.294. The van der Waals surface area contributed by atoms with Crippen molar-refractivity contribution in [1.82, 2.24) is 5.43 Å². The van der Waals surface area contributed by atoms with Gasteiger partial charge in [0.15, 0.2) is 0 Å². The molecule has 106 valence electrons. The van der Waals surface area contributed by atoms with Crippen LogP contribution in [0.3, 0.4) is 0 Å². The first-order valence-electron chi connectivity index (χ1n) is 6.97. The standard InChI is InChI=1S/C17H21BrN2/c1-13-12-15(18)10-11-16(13)17(20-19)9-5-8-14-6-3-2-4-7-14/h2-4,6-7,10-12,17,20H,5,8-9,19H2,1H3. The fourth-order valence-corrected chi connectivity index (χ4v) is 2.99. The largest absolute Gasteiger partial charge is 0.271 e. The molecule has 0 fully saturated rings. The third kappa shape index (κ3) is 4.17. The Bertz CT molecular complexity index is 540. The topological polar surface area (TPSA) is 38.0 Å². The van der Waals surface area contributed by atoms with Crippen molar-refractivity contribution < 1.29 is 0 Å². The van der Waals surface area contributed by atoms with Crippen LogP contribution in [0.2, 0.25) is 0 Å². The lowest BCUT2D eigenvalue weighted by molar-refractivity contribution is 0.496. The molecule has 0 aliphatic heterocycles. The van der Waals surface area contributed by atoms with Crippen LogP contribution in [0, 0.1) is 6.92 Å². The third-order valence-electron chi connectivity index (χ3n) is 3.61. The van der Waals surface area contributed by atoms with Crippen LogP contribution in [0.5, 0.6) is 0 Å². The summed E-state index contributed by atoms with van der Waals surface area (Å²) in [6.45, 7) is 2.13. The van der Waals surface area contributed by atoms with E-state index >= 15 is 0 Å². The Morgan fingerprint density at radius 3 is 2.55 bits per heavy atom. The van der Waals surface area contributed by atoms with E-state index in [-0.39, 0.29) is 6.04 Å². The molecule has 20 heavy (non-hydrogen) atoms. The van der Waals surface area contributed by atoms with E-state index < -0.39 is 0 Å². The van der Waals surface area contributed by atoms with E-state index in [1.165, 1.54) is 16.7 Å². The molecule has 1 unspecified atom stereocenters. The van der Waals surface area contributed by atoms with E-state index in [0.717, 1.165) is 23.7 Å². The van der Waals surface area contributed by atoms with Gasteiger partial charge in [-0.2, -0.15) is 0 Å². The highest BCUT2D eigenvalue weighted by Crippen LogP contribution is 2.25. The summed E-state index contributed by atoms with van der Waals surface area (Å²) in [6.07, 6.45) is 3.25. The maximum absolute atomic E-state index is 5.73. The molecular weight excluding hydrogens is 312 g/mol. The van der Waals surface area contributed by atoms with Crippen molar-refractivity contribution in [3.05, 3.63) is 69.7 Å². The summed E-state index contributed by atoms with van der Waals surface area (Å²) in [6, 6.07) is 17.2. The number of rotatable bonds is 6. The first-order chi connectivity index (χ1) is 9.70. The monoisotopic (exact) mass is 332 g/mol. The van der Waals surface area contributed by atoms with Crippen LogP contribution in [0.4, 0.5) is 0 Å². The molecule has 0 spiro atoms. The summed E-state index contributed by atoms with van der Waals surface area (Å²) in [5.41, 5.74) is 6.88. The molecule has 0 radical (unpaired) electrons. The Balaban J connectivity index is 1.95. The van der Waals surface area contributed by atoms with Crippen LogP contribution in [-0.4, -0.2) is 0 Å².